The van der Waals surface area contributed by atoms with Crippen LogP contribution >= 0.6 is 11.6 Å². The summed E-state index contributed by atoms with van der Waals surface area (Å²) in [5, 5.41) is 6.31. The first kappa shape index (κ1) is 14.3. The number of nitrogens with zero attached hydrogens (tertiary/aromatic N) is 3. The van der Waals surface area contributed by atoms with Crippen molar-refractivity contribution in [2.45, 2.75) is 26.3 Å². The maximum absolute atomic E-state index is 12.0. The van der Waals surface area contributed by atoms with Crippen LogP contribution in [0.3, 0.4) is 0 Å². The van der Waals surface area contributed by atoms with Gasteiger partial charge in [0, 0.05) is 19.6 Å². The van der Waals surface area contributed by atoms with Crippen molar-refractivity contribution in [3.05, 3.63) is 21.6 Å². The van der Waals surface area contributed by atoms with Gasteiger partial charge in [0.25, 0.3) is 5.56 Å². The molecule has 0 atom stereocenters. The number of aromatic nitrogens is 2. The van der Waals surface area contributed by atoms with Crippen LogP contribution in [0.2, 0.25) is 5.02 Å². The van der Waals surface area contributed by atoms with Gasteiger partial charge in [0.15, 0.2) is 0 Å². The third-order valence-corrected chi connectivity index (χ3v) is 3.36. The molecule has 1 aliphatic rings. The van der Waals surface area contributed by atoms with Crippen molar-refractivity contribution in [2.75, 3.05) is 31.7 Å². The SMILES string of the molecule is CCCCn1ncc(NN2CCOCC2)c(Cl)c1=O. The first-order chi connectivity index (χ1) is 9.22. The summed E-state index contributed by atoms with van der Waals surface area (Å²) in [7, 11) is 0. The van der Waals surface area contributed by atoms with Gasteiger partial charge in [-0.2, -0.15) is 5.10 Å². The van der Waals surface area contributed by atoms with Gasteiger partial charge in [0.2, 0.25) is 0 Å². The summed E-state index contributed by atoms with van der Waals surface area (Å²) in [6.07, 6.45) is 3.54. The predicted octanol–water partition coefficient (Wildman–Crippen LogP) is 1.36. The number of nitrogens with one attached hydrogen (secondary N) is 1. The van der Waals surface area contributed by atoms with Crippen molar-refractivity contribution < 1.29 is 4.74 Å². The molecular formula is C12H19ClN4O2. The van der Waals surface area contributed by atoms with Crippen LogP contribution in [-0.2, 0) is 11.3 Å². The highest BCUT2D eigenvalue weighted by Gasteiger charge is 2.14. The van der Waals surface area contributed by atoms with E-state index in [1.54, 1.807) is 6.20 Å². The Kier molecular flexibility index (Phi) is 5.18. The minimum absolute atomic E-state index is 0.192. The third kappa shape index (κ3) is 3.68. The molecule has 0 amide bonds. The Morgan fingerprint density at radius 1 is 1.47 bits per heavy atom. The summed E-state index contributed by atoms with van der Waals surface area (Å²) < 4.78 is 6.67. The molecule has 19 heavy (non-hydrogen) atoms. The first-order valence-electron chi connectivity index (χ1n) is 6.57. The van der Waals surface area contributed by atoms with Crippen molar-refractivity contribution in [3.8, 4) is 0 Å². The molecular weight excluding hydrogens is 268 g/mol. The zero-order chi connectivity index (χ0) is 13.7. The molecule has 1 aromatic heterocycles. The molecule has 0 unspecified atom stereocenters. The lowest BCUT2D eigenvalue weighted by Gasteiger charge is -2.28. The summed E-state index contributed by atoms with van der Waals surface area (Å²) in [4.78, 5) is 12.0. The van der Waals surface area contributed by atoms with Crippen molar-refractivity contribution in [2.24, 2.45) is 0 Å². The van der Waals surface area contributed by atoms with E-state index in [1.165, 1.54) is 4.68 Å². The second-order valence-electron chi connectivity index (χ2n) is 4.47. The predicted molar refractivity (Wildman–Crippen MR) is 74.4 cm³/mol. The zero-order valence-corrected chi connectivity index (χ0v) is 11.8. The number of hydrogen-bond donors (Lipinski definition) is 1. The average molecular weight is 287 g/mol. The molecule has 106 valence electrons. The number of aryl methyl sites for hydroxylation is 1. The highest BCUT2D eigenvalue weighted by Crippen LogP contribution is 2.16. The molecule has 0 aromatic carbocycles. The largest absolute Gasteiger partial charge is 0.379 e. The van der Waals surface area contributed by atoms with Crippen LogP contribution in [0.25, 0.3) is 0 Å². The molecule has 2 heterocycles. The van der Waals surface area contributed by atoms with E-state index in [2.05, 4.69) is 17.4 Å². The zero-order valence-electron chi connectivity index (χ0n) is 11.1. The number of ether oxygens (including phenoxy) is 1. The first-order valence-corrected chi connectivity index (χ1v) is 6.95. The number of hydrogen-bond acceptors (Lipinski definition) is 5. The van der Waals surface area contributed by atoms with E-state index in [0.717, 1.165) is 25.9 Å². The fraction of sp³-hybridized carbons (Fsp3) is 0.667. The minimum atomic E-state index is -0.242. The van der Waals surface area contributed by atoms with E-state index in [0.29, 0.717) is 25.4 Å². The highest BCUT2D eigenvalue weighted by molar-refractivity contribution is 6.32. The maximum Gasteiger partial charge on any atom is 0.287 e. The minimum Gasteiger partial charge on any atom is -0.379 e. The van der Waals surface area contributed by atoms with E-state index >= 15 is 0 Å². The van der Waals surface area contributed by atoms with E-state index in [-0.39, 0.29) is 10.6 Å². The fourth-order valence-corrected chi connectivity index (χ4v) is 2.04. The molecule has 0 radical (unpaired) electrons. The molecule has 0 aliphatic carbocycles. The molecule has 2 rings (SSSR count). The topological polar surface area (TPSA) is 59.4 Å². The summed E-state index contributed by atoms with van der Waals surface area (Å²) >= 11 is 6.10. The monoisotopic (exact) mass is 286 g/mol. The lowest BCUT2D eigenvalue weighted by atomic mass is 10.3. The molecule has 0 bridgehead atoms. The molecule has 1 N–H and O–H groups in total. The normalized spacial score (nSPS) is 16.5. The summed E-state index contributed by atoms with van der Waals surface area (Å²) in [6.45, 7) is 5.54. The molecule has 1 saturated heterocycles. The molecule has 1 fully saturated rings. The number of rotatable bonds is 5. The van der Waals surface area contributed by atoms with Crippen LogP contribution in [0, 0.1) is 0 Å². The average Bonchev–Trinajstić information content (AvgIpc) is 2.44. The Balaban J connectivity index is 2.09. The second kappa shape index (κ2) is 6.88. The van der Waals surface area contributed by atoms with Gasteiger partial charge < -0.3 is 10.2 Å². The maximum atomic E-state index is 12.0. The van der Waals surface area contributed by atoms with E-state index in [1.807, 2.05) is 5.01 Å². The van der Waals surface area contributed by atoms with Gasteiger partial charge in [0.1, 0.15) is 5.02 Å². The molecule has 1 aromatic rings. The lowest BCUT2D eigenvalue weighted by Crippen LogP contribution is -2.40. The highest BCUT2D eigenvalue weighted by atomic mass is 35.5. The van der Waals surface area contributed by atoms with Gasteiger partial charge in [-0.3, -0.25) is 4.79 Å². The van der Waals surface area contributed by atoms with Crippen LogP contribution in [-0.4, -0.2) is 41.1 Å². The van der Waals surface area contributed by atoms with E-state index in [9.17, 15) is 4.79 Å². The van der Waals surface area contributed by atoms with Crippen molar-refractivity contribution in [1.82, 2.24) is 14.8 Å². The molecule has 0 spiro atoms. The number of hydrazine groups is 1. The summed E-state index contributed by atoms with van der Waals surface area (Å²) in [5.74, 6) is 0. The van der Waals surface area contributed by atoms with Gasteiger partial charge in [-0.25, -0.2) is 9.69 Å². The molecule has 7 heteroatoms. The van der Waals surface area contributed by atoms with Crippen LogP contribution < -0.4 is 11.0 Å². The van der Waals surface area contributed by atoms with Gasteiger partial charge in [-0.15, -0.1) is 0 Å². The van der Waals surface area contributed by atoms with Crippen molar-refractivity contribution >= 4 is 17.3 Å². The Morgan fingerprint density at radius 2 is 2.21 bits per heavy atom. The summed E-state index contributed by atoms with van der Waals surface area (Å²) in [5.41, 5.74) is 3.43. The Hall–Kier alpha value is -1.11. The number of halogens is 1. The quantitative estimate of drug-likeness (QED) is 0.885. The lowest BCUT2D eigenvalue weighted by molar-refractivity contribution is 0.0496. The second-order valence-corrected chi connectivity index (χ2v) is 4.84. The standard InChI is InChI=1S/C12H19ClN4O2/c1-2-3-4-17-12(18)11(13)10(9-14-17)15-16-5-7-19-8-6-16/h9,15H,2-8H2,1H3. The van der Waals surface area contributed by atoms with E-state index < -0.39 is 0 Å². The number of unbranched alkanes of at least 4 members (excludes halogenated alkanes) is 1. The molecule has 6 nitrogen and oxygen atoms in total. The van der Waals surface area contributed by atoms with Crippen LogP contribution in [0.15, 0.2) is 11.0 Å². The molecule has 0 saturated carbocycles. The Bertz CT molecular complexity index is 471. The number of anilines is 1. The summed E-state index contributed by atoms with van der Waals surface area (Å²) in [6, 6.07) is 0. The Labute approximate surface area is 117 Å². The number of morpholine rings is 1. The third-order valence-electron chi connectivity index (χ3n) is 3.00. The van der Waals surface area contributed by atoms with Gasteiger partial charge in [-0.1, -0.05) is 24.9 Å². The van der Waals surface area contributed by atoms with Gasteiger partial charge >= 0.3 is 0 Å². The van der Waals surface area contributed by atoms with Crippen LogP contribution in [0.4, 0.5) is 5.69 Å². The van der Waals surface area contributed by atoms with Gasteiger partial charge in [0.05, 0.1) is 25.1 Å². The van der Waals surface area contributed by atoms with E-state index in [4.69, 9.17) is 16.3 Å². The van der Waals surface area contributed by atoms with Crippen LogP contribution in [0.1, 0.15) is 19.8 Å². The van der Waals surface area contributed by atoms with Crippen molar-refractivity contribution in [1.29, 1.82) is 0 Å². The van der Waals surface area contributed by atoms with Crippen LogP contribution in [0.5, 0.6) is 0 Å². The Morgan fingerprint density at radius 3 is 2.89 bits per heavy atom. The van der Waals surface area contributed by atoms with Crippen molar-refractivity contribution in [3.63, 3.8) is 0 Å². The fourth-order valence-electron chi connectivity index (χ4n) is 1.86. The molecule has 1 aliphatic heterocycles. The smallest absolute Gasteiger partial charge is 0.287 e. The van der Waals surface area contributed by atoms with Gasteiger partial charge in [-0.05, 0) is 6.42 Å².